The molecule has 0 radical (unpaired) electrons. The van der Waals surface area contributed by atoms with Crippen molar-refractivity contribution in [1.29, 1.82) is 0 Å². The highest BCUT2D eigenvalue weighted by atomic mass is 35.5. The van der Waals surface area contributed by atoms with Crippen molar-refractivity contribution in [3.05, 3.63) is 23.0 Å². The van der Waals surface area contributed by atoms with Crippen LogP contribution >= 0.6 is 11.6 Å². The third-order valence-corrected chi connectivity index (χ3v) is 3.12. The Morgan fingerprint density at radius 2 is 2.24 bits per heavy atom. The Bertz CT molecular complexity index is 409. The van der Waals surface area contributed by atoms with Gasteiger partial charge in [-0.05, 0) is 26.3 Å². The minimum atomic E-state index is -0.119. The molecule has 4 nitrogen and oxygen atoms in total. The van der Waals surface area contributed by atoms with E-state index in [1.807, 2.05) is 20.8 Å². The molecule has 5 heteroatoms. The van der Waals surface area contributed by atoms with Crippen LogP contribution in [-0.2, 0) is 0 Å². The van der Waals surface area contributed by atoms with E-state index in [2.05, 4.69) is 4.98 Å². The molecule has 1 aromatic rings. The average molecular weight is 256 g/mol. The quantitative estimate of drug-likeness (QED) is 0.842. The van der Waals surface area contributed by atoms with Gasteiger partial charge in [0.2, 0.25) is 0 Å². The Hall–Kier alpha value is -1.29. The van der Waals surface area contributed by atoms with E-state index in [1.54, 1.807) is 11.0 Å². The van der Waals surface area contributed by atoms with Gasteiger partial charge in [-0.15, -0.1) is 0 Å². The molecule has 1 rings (SSSR count). The second-order valence-corrected chi connectivity index (χ2v) is 4.31. The maximum Gasteiger partial charge on any atom is 0.257 e. The maximum atomic E-state index is 12.3. The van der Waals surface area contributed by atoms with Crippen LogP contribution in [0.3, 0.4) is 0 Å². The van der Waals surface area contributed by atoms with Crippen molar-refractivity contribution < 1.29 is 4.79 Å². The van der Waals surface area contributed by atoms with Gasteiger partial charge in [0, 0.05) is 12.6 Å². The standard InChI is InChI=1S/C12H18ClN3O/c1-4-8(3)16(5-2)12(17)10-6-9(14)7-15-11(10)13/h6-8H,4-5,14H2,1-3H3. The summed E-state index contributed by atoms with van der Waals surface area (Å²) in [5.74, 6) is -0.119. The molecule has 1 amide bonds. The summed E-state index contributed by atoms with van der Waals surface area (Å²) in [6.45, 7) is 6.63. The molecule has 2 N–H and O–H groups in total. The number of amides is 1. The molecule has 0 aliphatic rings. The highest BCUT2D eigenvalue weighted by Crippen LogP contribution is 2.19. The lowest BCUT2D eigenvalue weighted by Gasteiger charge is -2.27. The normalized spacial score (nSPS) is 12.2. The zero-order valence-corrected chi connectivity index (χ0v) is 11.2. The highest BCUT2D eigenvalue weighted by Gasteiger charge is 2.21. The first-order chi connectivity index (χ1) is 8.01. The largest absolute Gasteiger partial charge is 0.397 e. The predicted molar refractivity (Wildman–Crippen MR) is 70.1 cm³/mol. The first-order valence-corrected chi connectivity index (χ1v) is 6.11. The van der Waals surface area contributed by atoms with Crippen molar-refractivity contribution in [2.45, 2.75) is 33.2 Å². The molecule has 0 aliphatic carbocycles. The lowest BCUT2D eigenvalue weighted by atomic mass is 10.1. The number of nitrogens with two attached hydrogens (primary N) is 1. The van der Waals surface area contributed by atoms with Gasteiger partial charge >= 0.3 is 0 Å². The van der Waals surface area contributed by atoms with E-state index in [4.69, 9.17) is 17.3 Å². The third-order valence-electron chi connectivity index (χ3n) is 2.82. The number of carbonyl (C=O) groups is 1. The number of halogens is 1. The molecular formula is C12H18ClN3O. The Balaban J connectivity index is 3.05. The molecule has 0 spiro atoms. The second kappa shape index (κ2) is 5.87. The maximum absolute atomic E-state index is 12.3. The molecule has 0 saturated carbocycles. The fraction of sp³-hybridized carbons (Fsp3) is 0.500. The monoisotopic (exact) mass is 255 g/mol. The molecule has 1 aromatic heterocycles. The first-order valence-electron chi connectivity index (χ1n) is 5.73. The number of rotatable bonds is 4. The van der Waals surface area contributed by atoms with Crippen molar-refractivity contribution in [3.63, 3.8) is 0 Å². The summed E-state index contributed by atoms with van der Waals surface area (Å²) < 4.78 is 0. The minimum Gasteiger partial charge on any atom is -0.397 e. The smallest absolute Gasteiger partial charge is 0.257 e. The van der Waals surface area contributed by atoms with Crippen LogP contribution in [0.2, 0.25) is 5.15 Å². The number of aromatic nitrogens is 1. The van der Waals surface area contributed by atoms with Crippen molar-refractivity contribution in [1.82, 2.24) is 9.88 Å². The number of hydrogen-bond acceptors (Lipinski definition) is 3. The molecule has 1 atom stereocenters. The van der Waals surface area contributed by atoms with Gasteiger partial charge in [-0.2, -0.15) is 0 Å². The molecule has 0 bridgehead atoms. The van der Waals surface area contributed by atoms with Gasteiger partial charge in [0.15, 0.2) is 0 Å². The fourth-order valence-electron chi connectivity index (χ4n) is 1.64. The van der Waals surface area contributed by atoms with Gasteiger partial charge in [0.1, 0.15) is 5.15 Å². The summed E-state index contributed by atoms with van der Waals surface area (Å²) in [4.78, 5) is 18.0. The molecule has 0 saturated heterocycles. The van der Waals surface area contributed by atoms with Crippen LogP contribution in [0.1, 0.15) is 37.6 Å². The van der Waals surface area contributed by atoms with Crippen LogP contribution < -0.4 is 5.73 Å². The van der Waals surface area contributed by atoms with Crippen LogP contribution in [-0.4, -0.2) is 28.4 Å². The molecule has 0 aromatic carbocycles. The molecule has 17 heavy (non-hydrogen) atoms. The van der Waals surface area contributed by atoms with Crippen molar-refractivity contribution in [2.24, 2.45) is 0 Å². The molecule has 94 valence electrons. The van der Waals surface area contributed by atoms with Crippen LogP contribution in [0, 0.1) is 0 Å². The highest BCUT2D eigenvalue weighted by molar-refractivity contribution is 6.32. The van der Waals surface area contributed by atoms with E-state index in [0.717, 1.165) is 6.42 Å². The number of hydrogen-bond donors (Lipinski definition) is 1. The first kappa shape index (κ1) is 13.8. The van der Waals surface area contributed by atoms with Gasteiger partial charge in [-0.1, -0.05) is 18.5 Å². The summed E-state index contributed by atoms with van der Waals surface area (Å²) in [6.07, 6.45) is 2.34. The number of anilines is 1. The Morgan fingerprint density at radius 3 is 2.76 bits per heavy atom. The Morgan fingerprint density at radius 1 is 1.59 bits per heavy atom. The van der Waals surface area contributed by atoms with E-state index >= 15 is 0 Å². The summed E-state index contributed by atoms with van der Waals surface area (Å²) in [5, 5.41) is 0.200. The van der Waals surface area contributed by atoms with Crippen LogP contribution in [0.5, 0.6) is 0 Å². The van der Waals surface area contributed by atoms with Gasteiger partial charge in [0.25, 0.3) is 5.91 Å². The zero-order chi connectivity index (χ0) is 13.0. The number of nitrogen functional groups attached to an aromatic ring is 1. The van der Waals surface area contributed by atoms with Gasteiger partial charge in [-0.25, -0.2) is 4.98 Å². The van der Waals surface area contributed by atoms with E-state index < -0.39 is 0 Å². The van der Waals surface area contributed by atoms with Gasteiger partial charge in [0.05, 0.1) is 17.4 Å². The van der Waals surface area contributed by atoms with Crippen molar-refractivity contribution in [2.75, 3.05) is 12.3 Å². The van der Waals surface area contributed by atoms with Gasteiger partial charge < -0.3 is 10.6 Å². The minimum absolute atomic E-state index is 0.119. The van der Waals surface area contributed by atoms with E-state index in [9.17, 15) is 4.79 Å². The summed E-state index contributed by atoms with van der Waals surface area (Å²) in [5.41, 5.74) is 6.44. The molecule has 1 heterocycles. The molecule has 0 aliphatic heterocycles. The number of carbonyl (C=O) groups excluding carboxylic acids is 1. The van der Waals surface area contributed by atoms with Crippen LogP contribution in [0.4, 0.5) is 5.69 Å². The lowest BCUT2D eigenvalue weighted by Crippen LogP contribution is -2.38. The number of nitrogens with zero attached hydrogens (tertiary/aromatic N) is 2. The van der Waals surface area contributed by atoms with E-state index in [1.165, 1.54) is 6.20 Å². The predicted octanol–water partition coefficient (Wildman–Crippen LogP) is 2.58. The van der Waals surface area contributed by atoms with Crippen LogP contribution in [0.25, 0.3) is 0 Å². The Labute approximate surface area is 107 Å². The topological polar surface area (TPSA) is 59.2 Å². The third kappa shape index (κ3) is 3.09. The summed E-state index contributed by atoms with van der Waals surface area (Å²) >= 11 is 5.93. The fourth-order valence-corrected chi connectivity index (χ4v) is 1.83. The van der Waals surface area contributed by atoms with E-state index in [0.29, 0.717) is 17.8 Å². The van der Waals surface area contributed by atoms with Crippen LogP contribution in [0.15, 0.2) is 12.3 Å². The summed E-state index contributed by atoms with van der Waals surface area (Å²) in [6, 6.07) is 1.74. The molecule has 1 unspecified atom stereocenters. The van der Waals surface area contributed by atoms with E-state index in [-0.39, 0.29) is 17.1 Å². The van der Waals surface area contributed by atoms with Crippen molar-refractivity contribution in [3.8, 4) is 0 Å². The van der Waals surface area contributed by atoms with Gasteiger partial charge in [-0.3, -0.25) is 4.79 Å². The molecular weight excluding hydrogens is 238 g/mol. The van der Waals surface area contributed by atoms with Crippen molar-refractivity contribution >= 4 is 23.2 Å². The lowest BCUT2D eigenvalue weighted by molar-refractivity contribution is 0.0700. The summed E-state index contributed by atoms with van der Waals surface area (Å²) in [7, 11) is 0. The zero-order valence-electron chi connectivity index (χ0n) is 10.4. The number of pyridine rings is 1. The molecule has 0 fully saturated rings. The Kier molecular flexibility index (Phi) is 4.75. The average Bonchev–Trinajstić information content (AvgIpc) is 2.32. The SMILES string of the molecule is CCC(C)N(CC)C(=O)c1cc(N)cnc1Cl. The second-order valence-electron chi connectivity index (χ2n) is 3.96.